The smallest absolute Gasteiger partial charge is 0.153 e. The number of aldehydes is 1. The van der Waals surface area contributed by atoms with Gasteiger partial charge in [0.05, 0.1) is 24.4 Å². The van der Waals surface area contributed by atoms with Crippen LogP contribution in [0.4, 0.5) is 0 Å². The predicted molar refractivity (Wildman–Crippen MR) is 81.1 cm³/mol. The molecule has 0 saturated carbocycles. The van der Waals surface area contributed by atoms with Gasteiger partial charge in [-0.3, -0.25) is 9.48 Å². The SMILES string of the molecule is COCC(C)c1nn(Cc2cccc(Br)c2)cc1C=O. The van der Waals surface area contributed by atoms with Gasteiger partial charge in [-0.05, 0) is 17.7 Å². The van der Waals surface area contributed by atoms with E-state index in [0.29, 0.717) is 18.7 Å². The minimum Gasteiger partial charge on any atom is -0.384 e. The van der Waals surface area contributed by atoms with E-state index in [2.05, 4.69) is 21.0 Å². The van der Waals surface area contributed by atoms with E-state index < -0.39 is 0 Å². The highest BCUT2D eigenvalue weighted by atomic mass is 79.9. The van der Waals surface area contributed by atoms with E-state index in [1.807, 2.05) is 31.2 Å². The van der Waals surface area contributed by atoms with Crippen LogP contribution in [0.25, 0.3) is 0 Å². The molecule has 4 nitrogen and oxygen atoms in total. The van der Waals surface area contributed by atoms with Crippen molar-refractivity contribution < 1.29 is 9.53 Å². The first-order valence-electron chi connectivity index (χ1n) is 6.40. The molecule has 5 heteroatoms. The van der Waals surface area contributed by atoms with E-state index in [-0.39, 0.29) is 5.92 Å². The fourth-order valence-electron chi connectivity index (χ4n) is 2.16. The summed E-state index contributed by atoms with van der Waals surface area (Å²) in [5.41, 5.74) is 2.55. The lowest BCUT2D eigenvalue weighted by atomic mass is 10.1. The topological polar surface area (TPSA) is 44.1 Å². The average molecular weight is 337 g/mol. The third kappa shape index (κ3) is 3.55. The van der Waals surface area contributed by atoms with Gasteiger partial charge in [0.2, 0.25) is 0 Å². The molecule has 1 heterocycles. The van der Waals surface area contributed by atoms with Gasteiger partial charge in [0, 0.05) is 23.7 Å². The predicted octanol–water partition coefficient (Wildman–Crippen LogP) is 3.26. The number of benzene rings is 1. The normalized spacial score (nSPS) is 12.3. The Morgan fingerprint density at radius 2 is 2.30 bits per heavy atom. The van der Waals surface area contributed by atoms with Crippen molar-refractivity contribution in [2.45, 2.75) is 19.4 Å². The third-order valence-electron chi connectivity index (χ3n) is 3.06. The van der Waals surface area contributed by atoms with E-state index >= 15 is 0 Å². The van der Waals surface area contributed by atoms with Gasteiger partial charge >= 0.3 is 0 Å². The second-order valence-corrected chi connectivity index (χ2v) is 5.69. The highest BCUT2D eigenvalue weighted by Crippen LogP contribution is 2.18. The Bertz CT molecular complexity index is 595. The zero-order valence-corrected chi connectivity index (χ0v) is 13.1. The summed E-state index contributed by atoms with van der Waals surface area (Å²) in [5, 5.41) is 4.51. The summed E-state index contributed by atoms with van der Waals surface area (Å²) in [4.78, 5) is 11.2. The molecular weight excluding hydrogens is 320 g/mol. The molecule has 0 saturated heterocycles. The van der Waals surface area contributed by atoms with Crippen LogP contribution in [0.15, 0.2) is 34.9 Å². The number of ether oxygens (including phenoxy) is 1. The largest absolute Gasteiger partial charge is 0.384 e. The first-order chi connectivity index (χ1) is 9.63. The van der Waals surface area contributed by atoms with Gasteiger partial charge in [0.1, 0.15) is 0 Å². The Balaban J connectivity index is 2.23. The molecule has 0 radical (unpaired) electrons. The molecule has 20 heavy (non-hydrogen) atoms. The molecule has 0 aliphatic carbocycles. The summed E-state index contributed by atoms with van der Waals surface area (Å²) >= 11 is 3.45. The van der Waals surface area contributed by atoms with Crippen molar-refractivity contribution >= 4 is 22.2 Å². The van der Waals surface area contributed by atoms with Crippen molar-refractivity contribution in [3.8, 4) is 0 Å². The maximum atomic E-state index is 11.2. The number of carbonyl (C=O) groups is 1. The van der Waals surface area contributed by atoms with Crippen LogP contribution in [-0.2, 0) is 11.3 Å². The molecular formula is C15H17BrN2O2. The van der Waals surface area contributed by atoms with Crippen LogP contribution in [0, 0.1) is 0 Å². The molecule has 0 fully saturated rings. The molecule has 0 amide bonds. The number of rotatable bonds is 6. The summed E-state index contributed by atoms with van der Waals surface area (Å²) in [5.74, 6) is 0.101. The lowest BCUT2D eigenvalue weighted by Crippen LogP contribution is -2.06. The quantitative estimate of drug-likeness (QED) is 0.760. The van der Waals surface area contributed by atoms with Gasteiger partial charge in [-0.2, -0.15) is 5.10 Å². The second kappa shape index (κ2) is 6.81. The molecule has 0 aliphatic rings. The maximum absolute atomic E-state index is 11.2. The fourth-order valence-corrected chi connectivity index (χ4v) is 2.60. The number of methoxy groups -OCH3 is 1. The second-order valence-electron chi connectivity index (χ2n) is 4.77. The van der Waals surface area contributed by atoms with E-state index in [9.17, 15) is 4.79 Å². The number of halogens is 1. The minimum absolute atomic E-state index is 0.101. The van der Waals surface area contributed by atoms with E-state index in [4.69, 9.17) is 4.74 Å². The van der Waals surface area contributed by atoms with Crippen molar-refractivity contribution in [3.05, 3.63) is 51.8 Å². The maximum Gasteiger partial charge on any atom is 0.153 e. The van der Waals surface area contributed by atoms with Crippen molar-refractivity contribution in [2.75, 3.05) is 13.7 Å². The number of aromatic nitrogens is 2. The molecule has 1 atom stereocenters. The Kier molecular flexibility index (Phi) is 5.09. The Labute approximate surface area is 126 Å². The van der Waals surface area contributed by atoms with Gasteiger partial charge in [-0.15, -0.1) is 0 Å². The molecule has 0 aliphatic heterocycles. The summed E-state index contributed by atoms with van der Waals surface area (Å²) < 4.78 is 7.96. The van der Waals surface area contributed by atoms with Crippen LogP contribution in [0.3, 0.4) is 0 Å². The molecule has 1 unspecified atom stereocenters. The first kappa shape index (κ1) is 14.9. The molecule has 1 aromatic heterocycles. The molecule has 0 N–H and O–H groups in total. The minimum atomic E-state index is 0.101. The number of carbonyl (C=O) groups excluding carboxylic acids is 1. The van der Waals surface area contributed by atoms with Gasteiger partial charge < -0.3 is 4.74 Å². The van der Waals surface area contributed by atoms with Crippen LogP contribution in [0.1, 0.15) is 34.5 Å². The molecule has 1 aromatic carbocycles. The Morgan fingerprint density at radius 1 is 1.50 bits per heavy atom. The highest BCUT2D eigenvalue weighted by Gasteiger charge is 2.15. The summed E-state index contributed by atoms with van der Waals surface area (Å²) in [6, 6.07) is 8.04. The van der Waals surface area contributed by atoms with E-state index in [1.165, 1.54) is 0 Å². The summed E-state index contributed by atoms with van der Waals surface area (Å²) in [6.45, 7) is 3.19. The van der Waals surface area contributed by atoms with Gasteiger partial charge in [0.15, 0.2) is 6.29 Å². The zero-order valence-electron chi connectivity index (χ0n) is 11.5. The molecule has 0 bridgehead atoms. The van der Waals surface area contributed by atoms with Crippen molar-refractivity contribution in [2.24, 2.45) is 0 Å². The van der Waals surface area contributed by atoms with Gasteiger partial charge in [-0.25, -0.2) is 0 Å². The third-order valence-corrected chi connectivity index (χ3v) is 3.56. The van der Waals surface area contributed by atoms with Crippen LogP contribution in [0.5, 0.6) is 0 Å². The van der Waals surface area contributed by atoms with Crippen LogP contribution in [0.2, 0.25) is 0 Å². The molecule has 2 rings (SSSR count). The van der Waals surface area contributed by atoms with Crippen molar-refractivity contribution in [1.29, 1.82) is 0 Å². The molecule has 2 aromatic rings. The van der Waals surface area contributed by atoms with Crippen molar-refractivity contribution in [1.82, 2.24) is 9.78 Å². The van der Waals surface area contributed by atoms with Gasteiger partial charge in [0.25, 0.3) is 0 Å². The summed E-state index contributed by atoms with van der Waals surface area (Å²) in [7, 11) is 1.65. The number of nitrogens with zero attached hydrogens (tertiary/aromatic N) is 2. The van der Waals surface area contributed by atoms with Crippen LogP contribution >= 0.6 is 15.9 Å². The lowest BCUT2D eigenvalue weighted by molar-refractivity contribution is 0.112. The highest BCUT2D eigenvalue weighted by molar-refractivity contribution is 9.10. The van der Waals surface area contributed by atoms with Gasteiger partial charge in [-0.1, -0.05) is 35.0 Å². The van der Waals surface area contributed by atoms with E-state index in [1.54, 1.807) is 18.0 Å². The van der Waals surface area contributed by atoms with Crippen LogP contribution in [-0.4, -0.2) is 29.8 Å². The Morgan fingerprint density at radius 3 is 2.95 bits per heavy atom. The number of hydrogen-bond donors (Lipinski definition) is 0. The fraction of sp³-hybridized carbons (Fsp3) is 0.333. The zero-order chi connectivity index (χ0) is 14.5. The monoisotopic (exact) mass is 336 g/mol. The first-order valence-corrected chi connectivity index (χ1v) is 7.19. The summed E-state index contributed by atoms with van der Waals surface area (Å²) in [6.07, 6.45) is 2.64. The molecule has 106 valence electrons. The Hall–Kier alpha value is -1.46. The number of hydrogen-bond acceptors (Lipinski definition) is 3. The molecule has 0 spiro atoms. The van der Waals surface area contributed by atoms with Crippen molar-refractivity contribution in [3.63, 3.8) is 0 Å². The van der Waals surface area contributed by atoms with E-state index in [0.717, 1.165) is 22.0 Å². The van der Waals surface area contributed by atoms with Crippen LogP contribution < -0.4 is 0 Å². The lowest BCUT2D eigenvalue weighted by Gasteiger charge is -2.07. The average Bonchev–Trinajstić information content (AvgIpc) is 2.82. The standard InChI is InChI=1S/C15H17BrN2O2/c1-11(10-20-2)15-13(9-19)8-18(17-15)7-12-4-3-5-14(16)6-12/h3-6,8-9,11H,7,10H2,1-2H3.